The highest BCUT2D eigenvalue weighted by Crippen LogP contribution is 2.45. The lowest BCUT2D eigenvalue weighted by Crippen LogP contribution is -2.40. The highest BCUT2D eigenvalue weighted by atomic mass is 32.2. The zero-order chi connectivity index (χ0) is 12.1. The zero-order valence-electron chi connectivity index (χ0n) is 9.99. The van der Waals surface area contributed by atoms with Crippen LogP contribution in [-0.2, 0) is 9.84 Å². The van der Waals surface area contributed by atoms with Crippen molar-refractivity contribution < 1.29 is 8.42 Å². The van der Waals surface area contributed by atoms with Crippen LogP contribution in [0.15, 0.2) is 23.1 Å². The van der Waals surface area contributed by atoms with Gasteiger partial charge in [-0.15, -0.1) is 0 Å². The molecule has 1 fully saturated rings. The van der Waals surface area contributed by atoms with E-state index in [0.717, 1.165) is 37.1 Å². The predicted molar refractivity (Wildman–Crippen MR) is 68.0 cm³/mol. The van der Waals surface area contributed by atoms with Crippen molar-refractivity contribution in [1.29, 1.82) is 0 Å². The van der Waals surface area contributed by atoms with Crippen LogP contribution >= 0.6 is 0 Å². The maximum absolute atomic E-state index is 12.4. The molecule has 1 aromatic rings. The maximum Gasteiger partial charge on any atom is 0.181 e. The fourth-order valence-corrected chi connectivity index (χ4v) is 5.04. The standard InChI is InChI=1S/C13H17NO2S/c1-10-3-4-11-12(7-10)17(15,16)9-13(8-14-11)5-2-6-13/h3-4,7,14H,2,5-6,8-9H2,1H3. The quantitative estimate of drug-likeness (QED) is 0.770. The number of benzene rings is 1. The van der Waals surface area contributed by atoms with Crippen LogP contribution in [0.4, 0.5) is 5.69 Å². The van der Waals surface area contributed by atoms with Crippen molar-refractivity contribution in [1.82, 2.24) is 0 Å². The second-order valence-electron chi connectivity index (χ2n) is 5.47. The van der Waals surface area contributed by atoms with Gasteiger partial charge < -0.3 is 5.32 Å². The molecule has 0 amide bonds. The summed E-state index contributed by atoms with van der Waals surface area (Å²) in [6.07, 6.45) is 3.23. The summed E-state index contributed by atoms with van der Waals surface area (Å²) in [5, 5.41) is 3.32. The lowest BCUT2D eigenvalue weighted by molar-refractivity contribution is 0.184. The molecule has 1 aliphatic heterocycles. The molecule has 1 spiro atoms. The van der Waals surface area contributed by atoms with Crippen molar-refractivity contribution in [3.63, 3.8) is 0 Å². The normalized spacial score (nSPS) is 24.3. The Labute approximate surface area is 102 Å². The number of fused-ring (bicyclic) bond motifs is 1. The molecule has 0 saturated heterocycles. The highest BCUT2D eigenvalue weighted by Gasteiger charge is 2.43. The first-order valence-electron chi connectivity index (χ1n) is 6.08. The second kappa shape index (κ2) is 3.48. The highest BCUT2D eigenvalue weighted by molar-refractivity contribution is 7.91. The molecule has 1 N–H and O–H groups in total. The molecule has 92 valence electrons. The summed E-state index contributed by atoms with van der Waals surface area (Å²) in [6, 6.07) is 5.63. The first-order chi connectivity index (χ1) is 8.01. The molecule has 1 aliphatic carbocycles. The summed E-state index contributed by atoms with van der Waals surface area (Å²) in [5.41, 5.74) is 1.77. The minimum atomic E-state index is -3.13. The molecular weight excluding hydrogens is 234 g/mol. The van der Waals surface area contributed by atoms with Crippen LogP contribution in [0.1, 0.15) is 24.8 Å². The number of hydrogen-bond acceptors (Lipinski definition) is 3. The molecule has 3 nitrogen and oxygen atoms in total. The van der Waals surface area contributed by atoms with Gasteiger partial charge in [-0.05, 0) is 37.5 Å². The molecule has 17 heavy (non-hydrogen) atoms. The van der Waals surface area contributed by atoms with Gasteiger partial charge in [-0.1, -0.05) is 12.5 Å². The third-order valence-electron chi connectivity index (χ3n) is 4.04. The first kappa shape index (κ1) is 11.1. The van der Waals surface area contributed by atoms with E-state index in [1.165, 1.54) is 0 Å². The van der Waals surface area contributed by atoms with Gasteiger partial charge in [0.2, 0.25) is 0 Å². The van der Waals surface area contributed by atoms with E-state index in [1.54, 1.807) is 6.07 Å². The third-order valence-corrected chi connectivity index (χ3v) is 6.04. The van der Waals surface area contributed by atoms with Gasteiger partial charge in [0.15, 0.2) is 9.84 Å². The van der Waals surface area contributed by atoms with E-state index in [9.17, 15) is 8.42 Å². The molecule has 1 saturated carbocycles. The Bertz CT molecular complexity index is 559. The van der Waals surface area contributed by atoms with Crippen LogP contribution in [0.3, 0.4) is 0 Å². The van der Waals surface area contributed by atoms with Crippen molar-refractivity contribution in [3.8, 4) is 0 Å². The van der Waals surface area contributed by atoms with Gasteiger partial charge in [0.25, 0.3) is 0 Å². The van der Waals surface area contributed by atoms with E-state index in [4.69, 9.17) is 0 Å². The van der Waals surface area contributed by atoms with Crippen LogP contribution < -0.4 is 5.32 Å². The van der Waals surface area contributed by atoms with Gasteiger partial charge in [0.1, 0.15) is 0 Å². The Morgan fingerprint density at radius 2 is 2.06 bits per heavy atom. The van der Waals surface area contributed by atoms with Crippen molar-refractivity contribution in [3.05, 3.63) is 23.8 Å². The number of anilines is 1. The SMILES string of the molecule is Cc1ccc2c(c1)S(=O)(=O)CC1(CCC1)CN2. The summed E-state index contributed by atoms with van der Waals surface area (Å²) < 4.78 is 24.8. The van der Waals surface area contributed by atoms with Crippen LogP contribution in [0, 0.1) is 12.3 Å². The van der Waals surface area contributed by atoms with Crippen LogP contribution in [0.25, 0.3) is 0 Å². The smallest absolute Gasteiger partial charge is 0.181 e. The fourth-order valence-electron chi connectivity index (χ4n) is 2.85. The van der Waals surface area contributed by atoms with Gasteiger partial charge in [-0.2, -0.15) is 0 Å². The average Bonchev–Trinajstić information content (AvgIpc) is 2.33. The summed E-state index contributed by atoms with van der Waals surface area (Å²) in [5.74, 6) is 0.309. The lowest BCUT2D eigenvalue weighted by atomic mass is 9.70. The van der Waals surface area contributed by atoms with Gasteiger partial charge in [0.05, 0.1) is 16.3 Å². The first-order valence-corrected chi connectivity index (χ1v) is 7.73. The lowest BCUT2D eigenvalue weighted by Gasteiger charge is -2.40. The monoisotopic (exact) mass is 251 g/mol. The molecule has 4 heteroatoms. The summed E-state index contributed by atoms with van der Waals surface area (Å²) >= 11 is 0. The molecule has 0 atom stereocenters. The van der Waals surface area contributed by atoms with Crippen LogP contribution in [0.2, 0.25) is 0 Å². The van der Waals surface area contributed by atoms with E-state index < -0.39 is 9.84 Å². The number of rotatable bonds is 0. The second-order valence-corrected chi connectivity index (χ2v) is 7.42. The molecule has 3 rings (SSSR count). The average molecular weight is 251 g/mol. The Kier molecular flexibility index (Phi) is 2.27. The molecule has 0 bridgehead atoms. The van der Waals surface area contributed by atoms with Gasteiger partial charge in [0, 0.05) is 12.0 Å². The molecular formula is C13H17NO2S. The predicted octanol–water partition coefficient (Wildman–Crippen LogP) is 2.36. The van der Waals surface area contributed by atoms with Crippen molar-refractivity contribution >= 4 is 15.5 Å². The van der Waals surface area contributed by atoms with Crippen molar-refractivity contribution in [2.75, 3.05) is 17.6 Å². The van der Waals surface area contributed by atoms with E-state index >= 15 is 0 Å². The minimum absolute atomic E-state index is 0.00818. The van der Waals surface area contributed by atoms with E-state index in [0.29, 0.717) is 10.6 Å². The molecule has 0 radical (unpaired) electrons. The summed E-state index contributed by atoms with van der Waals surface area (Å²) in [6.45, 7) is 2.72. The number of hydrogen-bond donors (Lipinski definition) is 1. The number of sulfone groups is 1. The molecule has 0 unspecified atom stereocenters. The molecule has 1 aromatic carbocycles. The topological polar surface area (TPSA) is 46.2 Å². The summed E-state index contributed by atoms with van der Waals surface area (Å²) in [4.78, 5) is 0.487. The zero-order valence-corrected chi connectivity index (χ0v) is 10.8. The van der Waals surface area contributed by atoms with E-state index in [2.05, 4.69) is 5.32 Å². The maximum atomic E-state index is 12.4. The molecule has 0 aromatic heterocycles. The van der Waals surface area contributed by atoms with Crippen molar-refractivity contribution in [2.24, 2.45) is 5.41 Å². The molecule has 1 heterocycles. The minimum Gasteiger partial charge on any atom is -0.383 e. The van der Waals surface area contributed by atoms with Gasteiger partial charge >= 0.3 is 0 Å². The van der Waals surface area contributed by atoms with Gasteiger partial charge in [-0.25, -0.2) is 8.42 Å². The summed E-state index contributed by atoms with van der Waals surface area (Å²) in [7, 11) is -3.13. The van der Waals surface area contributed by atoms with Crippen molar-refractivity contribution in [2.45, 2.75) is 31.1 Å². The molecule has 2 aliphatic rings. The van der Waals surface area contributed by atoms with E-state index in [1.807, 2.05) is 19.1 Å². The fraction of sp³-hybridized carbons (Fsp3) is 0.538. The Hall–Kier alpha value is -1.03. The largest absolute Gasteiger partial charge is 0.383 e. The van der Waals surface area contributed by atoms with Gasteiger partial charge in [-0.3, -0.25) is 0 Å². The van der Waals surface area contributed by atoms with Crippen LogP contribution in [-0.4, -0.2) is 20.7 Å². The third kappa shape index (κ3) is 1.75. The Balaban J connectivity index is 2.10. The number of nitrogens with one attached hydrogen (secondary N) is 1. The van der Waals surface area contributed by atoms with E-state index in [-0.39, 0.29) is 5.41 Å². The Morgan fingerprint density at radius 1 is 1.29 bits per heavy atom. The Morgan fingerprint density at radius 3 is 2.71 bits per heavy atom. The van der Waals surface area contributed by atoms with Crippen LogP contribution in [0.5, 0.6) is 0 Å². The number of aryl methyl sites for hydroxylation is 1.